The van der Waals surface area contributed by atoms with Crippen molar-refractivity contribution in [2.75, 3.05) is 18.4 Å². The van der Waals surface area contributed by atoms with Gasteiger partial charge in [-0.2, -0.15) is 0 Å². The first kappa shape index (κ1) is 25.6. The van der Waals surface area contributed by atoms with Crippen molar-refractivity contribution < 1.29 is 45.1 Å². The highest BCUT2D eigenvalue weighted by Crippen LogP contribution is 2.31. The smallest absolute Gasteiger partial charge is 0.319 e. The number of phenols is 1. The molecule has 0 spiro atoms. The topological polar surface area (TPSA) is 184 Å². The lowest BCUT2D eigenvalue weighted by Gasteiger charge is -2.40. The van der Waals surface area contributed by atoms with Gasteiger partial charge in [0.2, 0.25) is 6.29 Å². The van der Waals surface area contributed by atoms with Gasteiger partial charge in [0, 0.05) is 19.0 Å². The van der Waals surface area contributed by atoms with E-state index >= 15 is 0 Å². The first-order valence-electron chi connectivity index (χ1n) is 10.1. The van der Waals surface area contributed by atoms with Crippen LogP contribution in [0.15, 0.2) is 18.2 Å². The minimum Gasteiger partial charge on any atom is -0.506 e. The van der Waals surface area contributed by atoms with Gasteiger partial charge in [0.25, 0.3) is 0 Å². The van der Waals surface area contributed by atoms with Crippen LogP contribution < -0.4 is 15.4 Å². The molecule has 1 aliphatic heterocycles. The van der Waals surface area contributed by atoms with Crippen molar-refractivity contribution >= 4 is 11.7 Å². The van der Waals surface area contributed by atoms with E-state index in [-0.39, 0.29) is 35.4 Å². The second kappa shape index (κ2) is 12.4. The maximum atomic E-state index is 11.9. The molecule has 0 bridgehead atoms. The molecule has 3 unspecified atom stereocenters. The lowest BCUT2D eigenvalue weighted by molar-refractivity contribution is -0.317. The summed E-state index contributed by atoms with van der Waals surface area (Å²) in [6, 6.07) is 3.43. The van der Waals surface area contributed by atoms with E-state index < -0.39 is 36.7 Å². The summed E-state index contributed by atoms with van der Waals surface area (Å²) in [7, 11) is 0. The van der Waals surface area contributed by atoms with Crippen LogP contribution in [-0.2, 0) is 4.74 Å². The van der Waals surface area contributed by atoms with E-state index in [0.717, 1.165) is 12.8 Å². The van der Waals surface area contributed by atoms with Crippen LogP contribution in [0.4, 0.5) is 10.5 Å². The molecule has 5 atom stereocenters. The normalized spacial score (nSPS) is 25.2. The fourth-order valence-corrected chi connectivity index (χ4v) is 3.04. The molecule has 0 radical (unpaired) electrons. The molecular formula is C20H29N3O9. The van der Waals surface area contributed by atoms with Gasteiger partial charge in [-0.15, -0.1) is 12.3 Å². The third-order valence-electron chi connectivity index (χ3n) is 4.79. The SMILES string of the molecule is C#CCCCCNC(=O)Nc1ccc(O[C@H]2OC(CCN(O)O)[C@@H](O)C(O)C2O)cc1O. The largest absolute Gasteiger partial charge is 0.506 e. The number of phenolic OH excluding ortho intramolecular Hbond substituents is 1. The lowest BCUT2D eigenvalue weighted by Crippen LogP contribution is -2.59. The van der Waals surface area contributed by atoms with Crippen LogP contribution in [0.1, 0.15) is 25.7 Å². The molecule has 0 saturated carbocycles. The van der Waals surface area contributed by atoms with Gasteiger partial charge in [-0.25, -0.2) is 4.79 Å². The molecule has 0 aromatic heterocycles. The molecule has 32 heavy (non-hydrogen) atoms. The van der Waals surface area contributed by atoms with E-state index in [9.17, 15) is 25.2 Å². The molecule has 12 nitrogen and oxygen atoms in total. The predicted octanol–water partition coefficient (Wildman–Crippen LogP) is -0.0259. The van der Waals surface area contributed by atoms with Crippen LogP contribution in [0.2, 0.25) is 0 Å². The molecule has 1 aliphatic rings. The van der Waals surface area contributed by atoms with Crippen LogP contribution >= 0.6 is 0 Å². The number of aliphatic hydroxyl groups excluding tert-OH is 3. The zero-order chi connectivity index (χ0) is 23.7. The third-order valence-corrected chi connectivity index (χ3v) is 4.79. The fraction of sp³-hybridized carbons (Fsp3) is 0.550. The van der Waals surface area contributed by atoms with Gasteiger partial charge in [-0.05, 0) is 31.4 Å². The Hall–Kier alpha value is -2.63. The van der Waals surface area contributed by atoms with E-state index in [1.165, 1.54) is 18.2 Å². The number of aromatic hydroxyl groups is 1. The maximum Gasteiger partial charge on any atom is 0.319 e. The van der Waals surface area contributed by atoms with Gasteiger partial charge in [0.15, 0.2) is 0 Å². The molecule has 1 fully saturated rings. The highest BCUT2D eigenvalue weighted by molar-refractivity contribution is 5.90. The Balaban J connectivity index is 1.94. The summed E-state index contributed by atoms with van der Waals surface area (Å²) >= 11 is 0. The van der Waals surface area contributed by atoms with Gasteiger partial charge in [0.05, 0.1) is 18.3 Å². The summed E-state index contributed by atoms with van der Waals surface area (Å²) in [5.41, 5.74) is 0.114. The zero-order valence-corrected chi connectivity index (χ0v) is 17.3. The number of benzene rings is 1. The summed E-state index contributed by atoms with van der Waals surface area (Å²) in [5.74, 6) is 2.25. The predicted molar refractivity (Wildman–Crippen MR) is 110 cm³/mol. The minimum atomic E-state index is -1.61. The number of hydroxylamine groups is 2. The Bertz CT molecular complexity index is 786. The molecule has 8 N–H and O–H groups in total. The Kier molecular flexibility index (Phi) is 9.95. The molecule has 1 heterocycles. The number of amides is 2. The number of ether oxygens (including phenoxy) is 2. The van der Waals surface area contributed by atoms with Crippen molar-refractivity contribution in [3.05, 3.63) is 18.2 Å². The number of hydrogen-bond donors (Lipinski definition) is 8. The number of urea groups is 1. The number of rotatable bonds is 10. The van der Waals surface area contributed by atoms with Crippen molar-refractivity contribution in [3.63, 3.8) is 0 Å². The highest BCUT2D eigenvalue weighted by Gasteiger charge is 2.44. The van der Waals surface area contributed by atoms with Gasteiger partial charge in [-0.3, -0.25) is 10.4 Å². The molecular weight excluding hydrogens is 426 g/mol. The van der Waals surface area contributed by atoms with Crippen LogP contribution in [0, 0.1) is 12.3 Å². The number of nitrogens with zero attached hydrogens (tertiary/aromatic N) is 1. The average Bonchev–Trinajstić information content (AvgIpc) is 2.75. The van der Waals surface area contributed by atoms with Gasteiger partial charge in [-0.1, -0.05) is 5.23 Å². The molecule has 2 rings (SSSR count). The number of unbranched alkanes of at least 4 members (excludes halogenated alkanes) is 2. The summed E-state index contributed by atoms with van der Waals surface area (Å²) in [6.07, 6.45) is 0.0516. The summed E-state index contributed by atoms with van der Waals surface area (Å²) in [4.78, 5) is 11.9. The molecule has 0 aliphatic carbocycles. The van der Waals surface area contributed by atoms with E-state index in [1.807, 2.05) is 0 Å². The molecule has 1 saturated heterocycles. The Morgan fingerprint density at radius 1 is 1.19 bits per heavy atom. The number of aliphatic hydroxyl groups is 3. The number of nitrogens with one attached hydrogen (secondary N) is 2. The maximum absolute atomic E-state index is 11.9. The molecule has 1 aromatic rings. The van der Waals surface area contributed by atoms with E-state index in [1.54, 1.807) is 0 Å². The zero-order valence-electron chi connectivity index (χ0n) is 17.3. The van der Waals surface area contributed by atoms with Crippen molar-refractivity contribution in [2.45, 2.75) is 56.4 Å². The van der Waals surface area contributed by atoms with Gasteiger partial charge in [0.1, 0.15) is 29.8 Å². The fourth-order valence-electron chi connectivity index (χ4n) is 3.04. The lowest BCUT2D eigenvalue weighted by atomic mass is 9.97. The van der Waals surface area contributed by atoms with Crippen molar-refractivity contribution in [3.8, 4) is 23.8 Å². The van der Waals surface area contributed by atoms with Crippen LogP contribution in [0.5, 0.6) is 11.5 Å². The minimum absolute atomic E-state index is 0.0556. The van der Waals surface area contributed by atoms with Crippen LogP contribution in [0.25, 0.3) is 0 Å². The van der Waals surface area contributed by atoms with E-state index in [0.29, 0.717) is 13.0 Å². The average molecular weight is 455 g/mol. The second-order valence-corrected chi connectivity index (χ2v) is 7.24. The Morgan fingerprint density at radius 2 is 1.94 bits per heavy atom. The van der Waals surface area contributed by atoms with Crippen LogP contribution in [-0.4, -0.2) is 85.9 Å². The molecule has 178 valence electrons. The monoisotopic (exact) mass is 455 g/mol. The van der Waals surface area contributed by atoms with E-state index in [2.05, 4.69) is 16.6 Å². The van der Waals surface area contributed by atoms with Crippen molar-refractivity contribution in [2.24, 2.45) is 0 Å². The standard InChI is InChI=1S/C20H29N3O9/c1-2-3-4-5-9-21-20(28)22-13-7-6-12(11-14(13)24)31-19-18(27)17(26)16(25)15(32-19)8-10-23(29)30/h1,6-7,11,15-19,24-27,29-30H,3-5,8-10H2,(H2,21,22,28)/t15?,16-,17?,18?,19+/m1/s1. The number of anilines is 1. The second-order valence-electron chi connectivity index (χ2n) is 7.24. The number of carbonyl (C=O) groups is 1. The highest BCUT2D eigenvalue weighted by atomic mass is 16.8. The van der Waals surface area contributed by atoms with Gasteiger partial charge < -0.3 is 40.5 Å². The summed E-state index contributed by atoms with van der Waals surface area (Å²) in [5, 5.41) is 63.0. The Morgan fingerprint density at radius 3 is 2.59 bits per heavy atom. The van der Waals surface area contributed by atoms with Crippen molar-refractivity contribution in [1.29, 1.82) is 0 Å². The van der Waals surface area contributed by atoms with Crippen molar-refractivity contribution in [1.82, 2.24) is 10.5 Å². The number of terminal acetylenes is 1. The van der Waals surface area contributed by atoms with E-state index in [4.69, 9.17) is 26.3 Å². The molecule has 12 heteroatoms. The Labute approximate surface area is 184 Å². The number of carbonyl (C=O) groups excluding carboxylic acids is 1. The summed E-state index contributed by atoms with van der Waals surface area (Å²) in [6.45, 7) is 0.135. The molecule has 2 amide bonds. The summed E-state index contributed by atoms with van der Waals surface area (Å²) < 4.78 is 10.9. The molecule has 1 aromatic carbocycles. The third kappa shape index (κ3) is 7.50. The van der Waals surface area contributed by atoms with Gasteiger partial charge >= 0.3 is 6.03 Å². The first-order chi connectivity index (χ1) is 15.2. The quantitative estimate of drug-likeness (QED) is 0.103. The first-order valence-corrected chi connectivity index (χ1v) is 10.1. The number of hydrogen-bond acceptors (Lipinski definition) is 10. The van der Waals surface area contributed by atoms with Crippen LogP contribution in [0.3, 0.4) is 0 Å².